The number of carbonyl (C=O) groups excluding carboxylic acids is 2. The third-order valence-corrected chi connectivity index (χ3v) is 5.76. The van der Waals surface area contributed by atoms with Gasteiger partial charge < -0.3 is 9.80 Å². The number of ketones is 1. The third-order valence-electron chi connectivity index (χ3n) is 5.76. The molecule has 4 rings (SSSR count). The second kappa shape index (κ2) is 9.36. The summed E-state index contributed by atoms with van der Waals surface area (Å²) in [7, 11) is 0. The molecule has 1 atom stereocenters. The van der Waals surface area contributed by atoms with E-state index in [4.69, 9.17) is 0 Å². The zero-order valence-electron chi connectivity index (χ0n) is 18.1. The molecule has 0 unspecified atom stereocenters. The summed E-state index contributed by atoms with van der Waals surface area (Å²) in [4.78, 5) is 42.8. The molecule has 0 spiro atoms. The van der Waals surface area contributed by atoms with Crippen LogP contribution in [0.3, 0.4) is 0 Å². The highest BCUT2D eigenvalue weighted by atomic mass is 19.1. The van der Waals surface area contributed by atoms with E-state index in [2.05, 4.69) is 0 Å². The molecule has 0 radical (unpaired) electrons. The zero-order chi connectivity index (χ0) is 23.5. The van der Waals surface area contributed by atoms with Gasteiger partial charge in [0.2, 0.25) is 0 Å². The fourth-order valence-electron chi connectivity index (χ4n) is 3.99. The number of Topliss-reactive ketones (excluding diaryl/α,β-unsaturated/α-hetero) is 1. The van der Waals surface area contributed by atoms with Crippen LogP contribution in [0.15, 0.2) is 71.7 Å². The Morgan fingerprint density at radius 3 is 2.21 bits per heavy atom. The first kappa shape index (κ1) is 22.4. The molecule has 3 aromatic rings. The maximum absolute atomic E-state index is 14.2. The Morgan fingerprint density at radius 1 is 0.879 bits per heavy atom. The topological polar surface area (TPSA) is 62.6 Å². The molecule has 6 nitrogen and oxygen atoms in total. The summed E-state index contributed by atoms with van der Waals surface area (Å²) in [5, 5.41) is 0. The maximum Gasteiger partial charge on any atom is 0.253 e. The SMILES string of the molecule is Cc1ccc(=O)n([C@H](C(=O)c2ccc(F)cc2)C(=O)N2CCN(c3ccccc3F)CC2)c1. The minimum atomic E-state index is -1.41. The highest BCUT2D eigenvalue weighted by molar-refractivity contribution is 6.11. The summed E-state index contributed by atoms with van der Waals surface area (Å²) in [6.07, 6.45) is 1.47. The van der Waals surface area contributed by atoms with E-state index in [1.54, 1.807) is 31.2 Å². The van der Waals surface area contributed by atoms with E-state index in [0.29, 0.717) is 24.3 Å². The molecule has 1 fully saturated rings. The summed E-state index contributed by atoms with van der Waals surface area (Å²) >= 11 is 0. The molecule has 170 valence electrons. The van der Waals surface area contributed by atoms with Crippen molar-refractivity contribution in [2.75, 3.05) is 31.1 Å². The average molecular weight is 451 g/mol. The van der Waals surface area contributed by atoms with Gasteiger partial charge in [0.15, 0.2) is 11.8 Å². The molecule has 1 aliphatic rings. The molecule has 33 heavy (non-hydrogen) atoms. The maximum atomic E-state index is 14.2. The van der Waals surface area contributed by atoms with Gasteiger partial charge in [0.25, 0.3) is 11.5 Å². The van der Waals surface area contributed by atoms with Crippen molar-refractivity contribution in [3.63, 3.8) is 0 Å². The number of carbonyl (C=O) groups is 2. The van der Waals surface area contributed by atoms with E-state index in [9.17, 15) is 23.2 Å². The van der Waals surface area contributed by atoms with E-state index in [1.165, 1.54) is 35.4 Å². The molecule has 0 bridgehead atoms. The molecular weight excluding hydrogens is 428 g/mol. The number of hydrogen-bond acceptors (Lipinski definition) is 4. The van der Waals surface area contributed by atoms with Crippen molar-refractivity contribution < 1.29 is 18.4 Å². The minimum Gasteiger partial charge on any atom is -0.366 e. The second-order valence-electron chi connectivity index (χ2n) is 7.99. The summed E-state index contributed by atoms with van der Waals surface area (Å²) < 4.78 is 28.7. The van der Waals surface area contributed by atoms with Gasteiger partial charge in [-0.3, -0.25) is 19.0 Å². The normalized spacial score (nSPS) is 14.8. The van der Waals surface area contributed by atoms with Crippen LogP contribution >= 0.6 is 0 Å². The Balaban J connectivity index is 1.62. The number of hydrogen-bond donors (Lipinski definition) is 0. The number of anilines is 1. The summed E-state index contributed by atoms with van der Waals surface area (Å²) in [5.41, 5.74) is 0.815. The Kier molecular flexibility index (Phi) is 6.35. The number of pyridine rings is 1. The van der Waals surface area contributed by atoms with Gasteiger partial charge >= 0.3 is 0 Å². The van der Waals surface area contributed by atoms with Gasteiger partial charge in [-0.2, -0.15) is 0 Å². The van der Waals surface area contributed by atoms with Gasteiger partial charge in [-0.1, -0.05) is 18.2 Å². The van der Waals surface area contributed by atoms with Gasteiger partial charge in [-0.15, -0.1) is 0 Å². The van der Waals surface area contributed by atoms with Gasteiger partial charge in [0, 0.05) is 44.0 Å². The summed E-state index contributed by atoms with van der Waals surface area (Å²) in [6.45, 7) is 3.05. The largest absolute Gasteiger partial charge is 0.366 e. The van der Waals surface area contributed by atoms with Crippen molar-refractivity contribution in [1.82, 2.24) is 9.47 Å². The number of piperazine rings is 1. The number of rotatable bonds is 5. The molecule has 1 aliphatic heterocycles. The molecule has 0 aliphatic carbocycles. The number of amides is 1. The molecule has 1 saturated heterocycles. The van der Waals surface area contributed by atoms with E-state index in [1.807, 2.05) is 4.90 Å². The lowest BCUT2D eigenvalue weighted by Gasteiger charge is -2.37. The molecule has 0 N–H and O–H groups in total. The highest BCUT2D eigenvalue weighted by Gasteiger charge is 2.35. The van der Waals surface area contributed by atoms with Gasteiger partial charge in [0.1, 0.15) is 11.6 Å². The Bertz CT molecular complexity index is 1230. The van der Waals surface area contributed by atoms with Crippen LogP contribution in [0.5, 0.6) is 0 Å². The molecule has 2 aromatic carbocycles. The predicted molar refractivity (Wildman–Crippen MR) is 120 cm³/mol. The number of nitrogens with zero attached hydrogens (tertiary/aromatic N) is 3. The second-order valence-corrected chi connectivity index (χ2v) is 7.99. The molecule has 2 heterocycles. The average Bonchev–Trinajstić information content (AvgIpc) is 2.82. The quantitative estimate of drug-likeness (QED) is 0.442. The standard InChI is InChI=1S/C25H23F2N3O3/c1-17-6-11-22(31)30(16-17)23(24(32)18-7-9-19(26)10-8-18)25(33)29-14-12-28(13-15-29)21-5-3-2-4-20(21)27/h2-11,16,23H,12-15H2,1H3/t23-/m1/s1. The first-order valence-electron chi connectivity index (χ1n) is 10.6. The van der Waals surface area contributed by atoms with Crippen molar-refractivity contribution in [3.8, 4) is 0 Å². The van der Waals surface area contributed by atoms with Crippen molar-refractivity contribution in [3.05, 3.63) is 100.0 Å². The van der Waals surface area contributed by atoms with Crippen molar-refractivity contribution in [1.29, 1.82) is 0 Å². The van der Waals surface area contributed by atoms with Gasteiger partial charge in [-0.05, 0) is 48.9 Å². The highest BCUT2D eigenvalue weighted by Crippen LogP contribution is 2.23. The number of aromatic nitrogens is 1. The number of aryl methyl sites for hydroxylation is 1. The molecular formula is C25H23F2N3O3. The predicted octanol–water partition coefficient (Wildman–Crippen LogP) is 3.21. The van der Waals surface area contributed by atoms with Crippen LogP contribution in [-0.4, -0.2) is 47.3 Å². The fourth-order valence-corrected chi connectivity index (χ4v) is 3.99. The lowest BCUT2D eigenvalue weighted by atomic mass is 10.0. The summed E-state index contributed by atoms with van der Waals surface area (Å²) in [5.74, 6) is -1.96. The van der Waals surface area contributed by atoms with Crippen LogP contribution in [0.25, 0.3) is 0 Å². The van der Waals surface area contributed by atoms with Crippen LogP contribution in [0.2, 0.25) is 0 Å². The minimum absolute atomic E-state index is 0.133. The number of para-hydroxylation sites is 1. The van der Waals surface area contributed by atoms with Gasteiger partial charge in [0.05, 0.1) is 5.69 Å². The summed E-state index contributed by atoms with van der Waals surface area (Å²) in [6, 6.07) is 12.8. The van der Waals surface area contributed by atoms with Crippen molar-refractivity contribution in [2.24, 2.45) is 0 Å². The molecule has 8 heteroatoms. The van der Waals surface area contributed by atoms with Crippen LogP contribution in [0.1, 0.15) is 22.0 Å². The molecule has 1 aromatic heterocycles. The van der Waals surface area contributed by atoms with E-state index in [-0.39, 0.29) is 24.5 Å². The van der Waals surface area contributed by atoms with E-state index >= 15 is 0 Å². The third kappa shape index (κ3) is 4.69. The number of benzene rings is 2. The van der Waals surface area contributed by atoms with Gasteiger partial charge in [-0.25, -0.2) is 8.78 Å². The molecule has 1 amide bonds. The fraction of sp³-hybridized carbons (Fsp3) is 0.240. The van der Waals surface area contributed by atoms with Crippen LogP contribution in [0.4, 0.5) is 14.5 Å². The Hall–Kier alpha value is -3.81. The monoisotopic (exact) mass is 451 g/mol. The lowest BCUT2D eigenvalue weighted by molar-refractivity contribution is -0.133. The van der Waals surface area contributed by atoms with E-state index in [0.717, 1.165) is 16.7 Å². The van der Waals surface area contributed by atoms with Crippen LogP contribution in [0, 0.1) is 18.6 Å². The Morgan fingerprint density at radius 2 is 1.55 bits per heavy atom. The van der Waals surface area contributed by atoms with Crippen molar-refractivity contribution in [2.45, 2.75) is 13.0 Å². The number of halogens is 2. The van der Waals surface area contributed by atoms with Crippen LogP contribution < -0.4 is 10.5 Å². The first-order chi connectivity index (χ1) is 15.8. The lowest BCUT2D eigenvalue weighted by Crippen LogP contribution is -2.52. The Labute approximate surface area is 189 Å². The zero-order valence-corrected chi connectivity index (χ0v) is 18.1. The molecule has 0 saturated carbocycles. The van der Waals surface area contributed by atoms with Crippen LogP contribution in [-0.2, 0) is 4.79 Å². The van der Waals surface area contributed by atoms with Crippen molar-refractivity contribution >= 4 is 17.4 Å². The van der Waals surface area contributed by atoms with E-state index < -0.39 is 29.1 Å². The first-order valence-corrected chi connectivity index (χ1v) is 10.6. The smallest absolute Gasteiger partial charge is 0.253 e.